The molecule has 1 heterocycles. The second kappa shape index (κ2) is 6.54. The molecule has 0 radical (unpaired) electrons. The van der Waals surface area contributed by atoms with Gasteiger partial charge in [-0.1, -0.05) is 64.5 Å². The fourth-order valence-corrected chi connectivity index (χ4v) is 3.77. The van der Waals surface area contributed by atoms with E-state index in [0.717, 1.165) is 43.2 Å². The van der Waals surface area contributed by atoms with Crippen LogP contribution in [0.25, 0.3) is 33.7 Å². The standard InChI is InChI=1S/C20H13Br2NO/c21-12-14-8-4-5-9-16(14)20-23-18-11-15(10-17(22)19(18)24-20)13-6-2-1-3-7-13/h1-11H,12H2. The number of rotatable bonds is 3. The Bertz CT molecular complexity index is 1010. The number of hydrogen-bond donors (Lipinski definition) is 0. The third-order valence-corrected chi connectivity index (χ3v) is 5.14. The minimum Gasteiger partial charge on any atom is -0.435 e. The van der Waals surface area contributed by atoms with Crippen LogP contribution in [0.1, 0.15) is 5.56 Å². The maximum Gasteiger partial charge on any atom is 0.227 e. The van der Waals surface area contributed by atoms with Crippen LogP contribution in [-0.2, 0) is 5.33 Å². The number of aromatic nitrogens is 1. The summed E-state index contributed by atoms with van der Waals surface area (Å²) in [5, 5.41) is 0.762. The molecule has 4 aromatic rings. The fraction of sp³-hybridized carbons (Fsp3) is 0.0500. The van der Waals surface area contributed by atoms with E-state index < -0.39 is 0 Å². The van der Waals surface area contributed by atoms with Crippen molar-refractivity contribution in [1.82, 2.24) is 4.98 Å². The first-order valence-electron chi connectivity index (χ1n) is 7.56. The molecular formula is C20H13Br2NO. The van der Waals surface area contributed by atoms with Gasteiger partial charge in [-0.2, -0.15) is 0 Å². The van der Waals surface area contributed by atoms with Crippen molar-refractivity contribution in [3.63, 3.8) is 0 Å². The summed E-state index contributed by atoms with van der Waals surface area (Å²) in [7, 11) is 0. The van der Waals surface area contributed by atoms with Crippen LogP contribution in [0, 0.1) is 0 Å². The average molecular weight is 443 g/mol. The number of hydrogen-bond acceptors (Lipinski definition) is 2. The molecule has 1 aromatic heterocycles. The van der Waals surface area contributed by atoms with Crippen molar-refractivity contribution < 1.29 is 4.42 Å². The highest BCUT2D eigenvalue weighted by Gasteiger charge is 2.14. The topological polar surface area (TPSA) is 26.0 Å². The van der Waals surface area contributed by atoms with E-state index >= 15 is 0 Å². The molecule has 0 saturated heterocycles. The minimum atomic E-state index is 0.644. The van der Waals surface area contributed by atoms with Crippen molar-refractivity contribution in [2.24, 2.45) is 0 Å². The van der Waals surface area contributed by atoms with Gasteiger partial charge < -0.3 is 4.42 Å². The van der Waals surface area contributed by atoms with Crippen LogP contribution in [0.15, 0.2) is 75.6 Å². The molecule has 0 bridgehead atoms. The lowest BCUT2D eigenvalue weighted by molar-refractivity contribution is 0.617. The zero-order valence-corrected chi connectivity index (χ0v) is 15.8. The first-order valence-corrected chi connectivity index (χ1v) is 9.47. The summed E-state index contributed by atoms with van der Waals surface area (Å²) in [4.78, 5) is 4.72. The predicted octanol–water partition coefficient (Wildman–Crippen LogP) is 6.82. The quantitative estimate of drug-likeness (QED) is 0.325. The molecule has 4 heteroatoms. The molecule has 0 spiro atoms. The van der Waals surface area contributed by atoms with E-state index in [-0.39, 0.29) is 0 Å². The van der Waals surface area contributed by atoms with Gasteiger partial charge in [0.1, 0.15) is 5.52 Å². The first kappa shape index (κ1) is 15.6. The van der Waals surface area contributed by atoms with E-state index in [1.807, 2.05) is 36.4 Å². The van der Waals surface area contributed by atoms with Crippen molar-refractivity contribution in [1.29, 1.82) is 0 Å². The zero-order chi connectivity index (χ0) is 16.5. The molecule has 0 amide bonds. The van der Waals surface area contributed by atoms with Crippen LogP contribution in [0.4, 0.5) is 0 Å². The third kappa shape index (κ3) is 2.80. The summed E-state index contributed by atoms with van der Waals surface area (Å²) in [5.41, 5.74) is 6.06. The van der Waals surface area contributed by atoms with Gasteiger partial charge in [0.05, 0.1) is 4.47 Å². The SMILES string of the molecule is BrCc1ccccc1-c1nc2cc(-c3ccccc3)cc(Br)c2o1. The second-order valence-corrected chi connectivity index (χ2v) is 6.90. The largest absolute Gasteiger partial charge is 0.435 e. The van der Waals surface area contributed by atoms with E-state index in [9.17, 15) is 0 Å². The summed E-state index contributed by atoms with van der Waals surface area (Å²) in [5.74, 6) is 0.644. The molecule has 0 saturated carbocycles. The van der Waals surface area contributed by atoms with E-state index in [4.69, 9.17) is 9.40 Å². The molecule has 0 fully saturated rings. The molecule has 2 nitrogen and oxygen atoms in total. The molecule has 0 aliphatic rings. The number of benzene rings is 3. The Labute approximate surface area is 156 Å². The highest BCUT2D eigenvalue weighted by atomic mass is 79.9. The predicted molar refractivity (Wildman–Crippen MR) is 105 cm³/mol. The molecule has 0 atom stereocenters. The van der Waals surface area contributed by atoms with Crippen LogP contribution in [0.3, 0.4) is 0 Å². The summed E-state index contributed by atoms with van der Waals surface area (Å²) >= 11 is 7.15. The van der Waals surface area contributed by atoms with E-state index in [1.54, 1.807) is 0 Å². The maximum absolute atomic E-state index is 6.04. The van der Waals surface area contributed by atoms with Gasteiger partial charge in [0.2, 0.25) is 5.89 Å². The molecule has 118 valence electrons. The summed E-state index contributed by atoms with van der Waals surface area (Å²) in [6.07, 6.45) is 0. The molecule has 4 rings (SSSR count). The van der Waals surface area contributed by atoms with Crippen LogP contribution in [0.5, 0.6) is 0 Å². The number of fused-ring (bicyclic) bond motifs is 1. The van der Waals surface area contributed by atoms with E-state index in [2.05, 4.69) is 62.2 Å². The van der Waals surface area contributed by atoms with Gasteiger partial charge in [0, 0.05) is 10.9 Å². The molecule has 0 N–H and O–H groups in total. The maximum atomic E-state index is 6.04. The summed E-state index contributed by atoms with van der Waals surface area (Å²) < 4.78 is 6.95. The second-order valence-electron chi connectivity index (χ2n) is 5.48. The number of alkyl halides is 1. The van der Waals surface area contributed by atoms with E-state index in [0.29, 0.717) is 5.89 Å². The highest BCUT2D eigenvalue weighted by molar-refractivity contribution is 9.10. The number of halogens is 2. The monoisotopic (exact) mass is 441 g/mol. The Morgan fingerprint density at radius 2 is 1.62 bits per heavy atom. The Morgan fingerprint density at radius 1 is 0.875 bits per heavy atom. The lowest BCUT2D eigenvalue weighted by atomic mass is 10.1. The van der Waals surface area contributed by atoms with Crippen molar-refractivity contribution in [3.05, 3.63) is 76.8 Å². The Morgan fingerprint density at radius 3 is 2.42 bits per heavy atom. The normalized spacial score (nSPS) is 11.1. The van der Waals surface area contributed by atoms with Crippen LogP contribution < -0.4 is 0 Å². The lowest BCUT2D eigenvalue weighted by Gasteiger charge is -2.02. The lowest BCUT2D eigenvalue weighted by Crippen LogP contribution is -1.85. The van der Waals surface area contributed by atoms with Crippen LogP contribution >= 0.6 is 31.9 Å². The number of oxazole rings is 1. The van der Waals surface area contributed by atoms with Gasteiger partial charge in [-0.25, -0.2) is 4.98 Å². The van der Waals surface area contributed by atoms with Crippen molar-refractivity contribution >= 4 is 43.0 Å². The fourth-order valence-electron chi connectivity index (χ4n) is 2.75. The van der Waals surface area contributed by atoms with Gasteiger partial charge in [0.15, 0.2) is 5.58 Å². The van der Waals surface area contributed by atoms with Gasteiger partial charge in [-0.15, -0.1) is 0 Å². The van der Waals surface area contributed by atoms with Crippen molar-refractivity contribution in [2.75, 3.05) is 0 Å². The van der Waals surface area contributed by atoms with Gasteiger partial charge in [-0.3, -0.25) is 0 Å². The molecule has 0 aliphatic heterocycles. The van der Waals surface area contributed by atoms with Crippen LogP contribution in [0.2, 0.25) is 0 Å². The average Bonchev–Trinajstić information content (AvgIpc) is 3.07. The first-order chi connectivity index (χ1) is 11.8. The Hall–Kier alpha value is -1.91. The van der Waals surface area contributed by atoms with Gasteiger partial charge in [-0.05, 0) is 50.8 Å². The molecular weight excluding hydrogens is 430 g/mol. The van der Waals surface area contributed by atoms with Crippen molar-refractivity contribution in [3.8, 4) is 22.6 Å². The highest BCUT2D eigenvalue weighted by Crippen LogP contribution is 2.35. The van der Waals surface area contributed by atoms with Crippen LogP contribution in [-0.4, -0.2) is 4.98 Å². The van der Waals surface area contributed by atoms with E-state index in [1.165, 1.54) is 0 Å². The van der Waals surface area contributed by atoms with Crippen molar-refractivity contribution in [2.45, 2.75) is 5.33 Å². The van der Waals surface area contributed by atoms with Gasteiger partial charge >= 0.3 is 0 Å². The van der Waals surface area contributed by atoms with Gasteiger partial charge in [0.25, 0.3) is 0 Å². The Balaban J connectivity index is 1.88. The molecule has 0 aliphatic carbocycles. The number of nitrogens with zero attached hydrogens (tertiary/aromatic N) is 1. The zero-order valence-electron chi connectivity index (χ0n) is 12.7. The molecule has 3 aromatic carbocycles. The molecule has 0 unspecified atom stereocenters. The smallest absolute Gasteiger partial charge is 0.227 e. The third-order valence-electron chi connectivity index (χ3n) is 3.94. The minimum absolute atomic E-state index is 0.644. The summed E-state index contributed by atoms with van der Waals surface area (Å²) in [6.45, 7) is 0. The molecule has 24 heavy (non-hydrogen) atoms. The Kier molecular flexibility index (Phi) is 4.25. The summed E-state index contributed by atoms with van der Waals surface area (Å²) in [6, 6.07) is 22.5.